The summed E-state index contributed by atoms with van der Waals surface area (Å²) < 4.78 is 10.7. The van der Waals surface area contributed by atoms with Crippen LogP contribution in [0.1, 0.15) is 0 Å². The van der Waals surface area contributed by atoms with E-state index in [4.69, 9.17) is 9.47 Å². The lowest BCUT2D eigenvalue weighted by Crippen LogP contribution is -2.27. The molecule has 1 aliphatic heterocycles. The second-order valence-corrected chi connectivity index (χ2v) is 6.28. The van der Waals surface area contributed by atoms with Gasteiger partial charge in [-0.15, -0.1) is 0 Å². The first-order chi connectivity index (χ1) is 12.6. The minimum Gasteiger partial charge on any atom is -0.465 e. The number of hydrogen-bond donors (Lipinski definition) is 0. The van der Waals surface area contributed by atoms with Gasteiger partial charge in [-0.25, -0.2) is 9.59 Å². The van der Waals surface area contributed by atoms with E-state index in [9.17, 15) is 9.59 Å². The maximum Gasteiger partial charge on any atom is 0.355 e. The summed E-state index contributed by atoms with van der Waals surface area (Å²) in [6.07, 6.45) is 6.68. The largest absolute Gasteiger partial charge is 0.465 e. The minimum absolute atomic E-state index is 0.0943. The van der Waals surface area contributed by atoms with Gasteiger partial charge in [0, 0.05) is 16.1 Å². The quantitative estimate of drug-likeness (QED) is 0.709. The summed E-state index contributed by atoms with van der Waals surface area (Å²) in [5.74, 6) is -1.25. The zero-order valence-electron chi connectivity index (χ0n) is 14.2. The van der Waals surface area contributed by atoms with Crippen molar-refractivity contribution in [2.45, 2.75) is 0 Å². The lowest BCUT2D eigenvalue weighted by atomic mass is 10.1. The SMILES string of the molecule is COC(=O)C1=C(C(=O)OC)N(c2ccc(Br)c3ccccc23)C=CC=C1. The van der Waals surface area contributed by atoms with Crippen molar-refractivity contribution in [1.29, 1.82) is 0 Å². The molecule has 0 N–H and O–H groups in total. The van der Waals surface area contributed by atoms with Gasteiger partial charge in [-0.05, 0) is 29.7 Å². The number of allylic oxidation sites excluding steroid dienone is 2. The maximum absolute atomic E-state index is 12.5. The molecule has 0 saturated carbocycles. The molecule has 2 aromatic rings. The van der Waals surface area contributed by atoms with Crippen molar-refractivity contribution in [3.05, 3.63) is 76.6 Å². The Hall–Kier alpha value is -2.86. The van der Waals surface area contributed by atoms with Gasteiger partial charge in [0.1, 0.15) is 5.70 Å². The van der Waals surface area contributed by atoms with E-state index in [1.165, 1.54) is 20.3 Å². The van der Waals surface area contributed by atoms with Gasteiger partial charge in [0.2, 0.25) is 0 Å². The van der Waals surface area contributed by atoms with Gasteiger partial charge in [0.05, 0.1) is 25.5 Å². The first-order valence-corrected chi connectivity index (χ1v) is 8.60. The highest BCUT2D eigenvalue weighted by Gasteiger charge is 2.28. The molecule has 0 aliphatic carbocycles. The summed E-state index contributed by atoms with van der Waals surface area (Å²) in [5.41, 5.74) is 0.957. The number of nitrogens with zero attached hydrogens (tertiary/aromatic N) is 1. The molecule has 0 fully saturated rings. The van der Waals surface area contributed by atoms with Crippen LogP contribution in [0.2, 0.25) is 0 Å². The van der Waals surface area contributed by atoms with Crippen molar-refractivity contribution < 1.29 is 19.1 Å². The first-order valence-electron chi connectivity index (χ1n) is 7.80. The van der Waals surface area contributed by atoms with Crippen molar-refractivity contribution in [2.24, 2.45) is 0 Å². The number of ether oxygens (including phenoxy) is 2. The van der Waals surface area contributed by atoms with E-state index in [2.05, 4.69) is 15.9 Å². The van der Waals surface area contributed by atoms with E-state index in [1.807, 2.05) is 36.4 Å². The molecule has 1 heterocycles. The molecule has 2 aromatic carbocycles. The Labute approximate surface area is 159 Å². The third kappa shape index (κ3) is 3.15. The Morgan fingerprint density at radius 1 is 0.923 bits per heavy atom. The number of carbonyl (C=O) groups excluding carboxylic acids is 2. The molecular formula is C20H16BrNO4. The number of esters is 2. The van der Waals surface area contributed by atoms with Crippen LogP contribution < -0.4 is 4.90 Å². The summed E-state index contributed by atoms with van der Waals surface area (Å²) in [4.78, 5) is 26.4. The van der Waals surface area contributed by atoms with Gasteiger partial charge < -0.3 is 14.4 Å². The van der Waals surface area contributed by atoms with Crippen LogP contribution in [0, 0.1) is 0 Å². The highest BCUT2D eigenvalue weighted by molar-refractivity contribution is 9.10. The van der Waals surface area contributed by atoms with Crippen LogP contribution >= 0.6 is 15.9 Å². The van der Waals surface area contributed by atoms with Crippen molar-refractivity contribution in [3.8, 4) is 0 Å². The molecule has 132 valence electrons. The Balaban J connectivity index is 2.30. The third-order valence-corrected chi connectivity index (χ3v) is 4.69. The topological polar surface area (TPSA) is 55.8 Å². The third-order valence-electron chi connectivity index (χ3n) is 4.00. The fourth-order valence-electron chi connectivity index (χ4n) is 2.81. The van der Waals surface area contributed by atoms with Crippen molar-refractivity contribution in [3.63, 3.8) is 0 Å². The van der Waals surface area contributed by atoms with Gasteiger partial charge in [0.15, 0.2) is 0 Å². The number of rotatable bonds is 3. The predicted octanol–water partition coefficient (Wildman–Crippen LogP) is 4.09. The molecule has 0 saturated heterocycles. The van der Waals surface area contributed by atoms with Crippen molar-refractivity contribution in [2.75, 3.05) is 19.1 Å². The summed E-state index contributed by atoms with van der Waals surface area (Å²) in [6, 6.07) is 11.6. The highest BCUT2D eigenvalue weighted by atomic mass is 79.9. The number of methoxy groups -OCH3 is 2. The van der Waals surface area contributed by atoms with E-state index < -0.39 is 11.9 Å². The molecule has 0 radical (unpaired) electrons. The smallest absolute Gasteiger partial charge is 0.355 e. The number of halogens is 1. The summed E-state index contributed by atoms with van der Waals surface area (Å²) in [5, 5.41) is 1.90. The zero-order chi connectivity index (χ0) is 18.7. The standard InChI is InChI=1S/C20H16BrNO4/c1-25-19(23)15-9-5-6-12-22(18(15)20(24)26-2)17-11-10-16(21)13-7-3-4-8-14(13)17/h3-12H,1-2H3. The monoisotopic (exact) mass is 413 g/mol. The molecule has 26 heavy (non-hydrogen) atoms. The van der Waals surface area contributed by atoms with Crippen LogP contribution in [-0.2, 0) is 19.1 Å². The number of carbonyl (C=O) groups is 2. The number of anilines is 1. The number of benzene rings is 2. The molecule has 0 aromatic heterocycles. The van der Waals surface area contributed by atoms with Gasteiger partial charge in [-0.3, -0.25) is 0 Å². The molecular weight excluding hydrogens is 398 g/mol. The number of hydrogen-bond acceptors (Lipinski definition) is 5. The highest BCUT2D eigenvalue weighted by Crippen LogP contribution is 2.35. The average Bonchev–Trinajstić information content (AvgIpc) is 2.90. The summed E-state index contributed by atoms with van der Waals surface area (Å²) in [6.45, 7) is 0. The summed E-state index contributed by atoms with van der Waals surface area (Å²) >= 11 is 3.55. The van der Waals surface area contributed by atoms with E-state index in [1.54, 1.807) is 23.3 Å². The van der Waals surface area contributed by atoms with Crippen molar-refractivity contribution >= 4 is 44.3 Å². The van der Waals surface area contributed by atoms with Crippen LogP contribution in [0.5, 0.6) is 0 Å². The van der Waals surface area contributed by atoms with Gasteiger partial charge in [-0.2, -0.15) is 0 Å². The molecule has 1 aliphatic rings. The Kier molecular flexibility index (Phi) is 5.23. The van der Waals surface area contributed by atoms with Gasteiger partial charge in [-0.1, -0.05) is 46.3 Å². The van der Waals surface area contributed by atoms with Crippen LogP contribution in [0.4, 0.5) is 5.69 Å². The fraction of sp³-hybridized carbons (Fsp3) is 0.100. The van der Waals surface area contributed by atoms with E-state index in [-0.39, 0.29) is 11.3 Å². The van der Waals surface area contributed by atoms with E-state index >= 15 is 0 Å². The van der Waals surface area contributed by atoms with E-state index in [0.29, 0.717) is 0 Å². The minimum atomic E-state index is -0.631. The van der Waals surface area contributed by atoms with Crippen LogP contribution in [0.25, 0.3) is 10.8 Å². The lowest BCUT2D eigenvalue weighted by molar-refractivity contribution is -0.139. The maximum atomic E-state index is 12.5. The molecule has 0 atom stereocenters. The Bertz CT molecular complexity index is 975. The Morgan fingerprint density at radius 3 is 2.31 bits per heavy atom. The molecule has 0 unspecified atom stereocenters. The Morgan fingerprint density at radius 2 is 1.62 bits per heavy atom. The molecule has 0 spiro atoms. The molecule has 6 heteroatoms. The molecule has 0 bridgehead atoms. The van der Waals surface area contributed by atoms with Crippen molar-refractivity contribution in [1.82, 2.24) is 0 Å². The molecule has 0 amide bonds. The summed E-state index contributed by atoms with van der Waals surface area (Å²) in [7, 11) is 2.55. The molecule has 3 rings (SSSR count). The fourth-order valence-corrected chi connectivity index (χ4v) is 3.29. The van der Waals surface area contributed by atoms with Crippen LogP contribution in [-0.4, -0.2) is 26.2 Å². The second kappa shape index (κ2) is 7.58. The molecule has 5 nitrogen and oxygen atoms in total. The predicted molar refractivity (Wildman–Crippen MR) is 103 cm³/mol. The first kappa shape index (κ1) is 17.9. The van der Waals surface area contributed by atoms with Crippen LogP contribution in [0.15, 0.2) is 76.6 Å². The average molecular weight is 414 g/mol. The van der Waals surface area contributed by atoms with Gasteiger partial charge >= 0.3 is 11.9 Å². The normalized spacial score (nSPS) is 13.7. The lowest BCUT2D eigenvalue weighted by Gasteiger charge is -2.24. The van der Waals surface area contributed by atoms with Gasteiger partial charge in [0.25, 0.3) is 0 Å². The van der Waals surface area contributed by atoms with Crippen LogP contribution in [0.3, 0.4) is 0 Å². The second-order valence-electron chi connectivity index (χ2n) is 5.43. The number of fused-ring (bicyclic) bond motifs is 1. The van der Waals surface area contributed by atoms with E-state index in [0.717, 1.165) is 20.9 Å². The zero-order valence-corrected chi connectivity index (χ0v) is 15.8.